The maximum absolute atomic E-state index is 12.7. The van der Waals surface area contributed by atoms with Gasteiger partial charge in [0.15, 0.2) is 11.8 Å². The Bertz CT molecular complexity index is 1100. The summed E-state index contributed by atoms with van der Waals surface area (Å²) in [6, 6.07) is 5.40. The van der Waals surface area contributed by atoms with Gasteiger partial charge in [-0.3, -0.25) is 9.59 Å². The highest BCUT2D eigenvalue weighted by Crippen LogP contribution is 2.30. The van der Waals surface area contributed by atoms with Crippen LogP contribution >= 0.6 is 11.8 Å². The third-order valence-corrected chi connectivity index (χ3v) is 4.75. The van der Waals surface area contributed by atoms with Crippen molar-refractivity contribution in [3.05, 3.63) is 64.5 Å². The van der Waals surface area contributed by atoms with Crippen LogP contribution in [-0.4, -0.2) is 27.3 Å². The lowest BCUT2D eigenvalue weighted by molar-refractivity contribution is -0.137. The van der Waals surface area contributed by atoms with Gasteiger partial charge in [0.1, 0.15) is 18.4 Å². The Morgan fingerprint density at radius 3 is 2.80 bits per heavy atom. The standard InChI is InChI=1S/C18H15F3N4O4S/c1-25-10-22-24-17(25)30-9-13-6-14(26)15(7-28-13)29-8-16(27)23-12-4-2-3-11(5-12)18(19,20)21/h2-7,10H,8-9H2,1H3,(H,23,27). The summed E-state index contributed by atoms with van der Waals surface area (Å²) in [5.74, 6) is -0.219. The van der Waals surface area contributed by atoms with Gasteiger partial charge in [0, 0.05) is 18.8 Å². The van der Waals surface area contributed by atoms with Crippen LogP contribution in [0, 0.1) is 0 Å². The minimum absolute atomic E-state index is 0.0402. The van der Waals surface area contributed by atoms with Crippen molar-refractivity contribution < 1.29 is 27.1 Å². The summed E-state index contributed by atoms with van der Waals surface area (Å²) in [5.41, 5.74) is -1.43. The summed E-state index contributed by atoms with van der Waals surface area (Å²) < 4.78 is 50.3. The van der Waals surface area contributed by atoms with E-state index in [1.165, 1.54) is 30.0 Å². The number of hydrogen-bond acceptors (Lipinski definition) is 7. The number of hydrogen-bond donors (Lipinski definition) is 1. The van der Waals surface area contributed by atoms with Crippen LogP contribution in [0.5, 0.6) is 5.75 Å². The Balaban J connectivity index is 1.55. The molecule has 1 amide bonds. The van der Waals surface area contributed by atoms with Crippen molar-refractivity contribution >= 4 is 23.4 Å². The van der Waals surface area contributed by atoms with E-state index in [9.17, 15) is 22.8 Å². The van der Waals surface area contributed by atoms with Crippen molar-refractivity contribution in [1.29, 1.82) is 0 Å². The first-order valence-electron chi connectivity index (χ1n) is 8.41. The Morgan fingerprint density at radius 1 is 1.33 bits per heavy atom. The van der Waals surface area contributed by atoms with Gasteiger partial charge in [-0.25, -0.2) is 0 Å². The maximum Gasteiger partial charge on any atom is 0.416 e. The molecule has 0 aliphatic carbocycles. The summed E-state index contributed by atoms with van der Waals surface area (Å²) >= 11 is 1.32. The fourth-order valence-corrected chi connectivity index (χ4v) is 3.05. The molecule has 0 fully saturated rings. The third-order valence-electron chi connectivity index (χ3n) is 3.70. The molecule has 3 rings (SSSR count). The molecule has 3 aromatic rings. The largest absolute Gasteiger partial charge is 0.477 e. The number of carbonyl (C=O) groups excluding carboxylic acids is 1. The Morgan fingerprint density at radius 2 is 2.13 bits per heavy atom. The molecule has 0 spiro atoms. The van der Waals surface area contributed by atoms with E-state index in [1.807, 2.05) is 0 Å². The molecule has 158 valence electrons. The quantitative estimate of drug-likeness (QED) is 0.564. The highest BCUT2D eigenvalue weighted by atomic mass is 32.2. The van der Waals surface area contributed by atoms with E-state index in [0.29, 0.717) is 16.7 Å². The van der Waals surface area contributed by atoms with Crippen LogP contribution in [0.3, 0.4) is 0 Å². The van der Waals surface area contributed by atoms with Gasteiger partial charge < -0.3 is 19.0 Å². The number of ether oxygens (including phenoxy) is 1. The van der Waals surface area contributed by atoms with Gasteiger partial charge in [0.25, 0.3) is 5.91 Å². The molecule has 2 heterocycles. The second-order valence-corrected chi connectivity index (χ2v) is 6.95. The Kier molecular flexibility index (Phi) is 6.45. The van der Waals surface area contributed by atoms with Gasteiger partial charge in [-0.15, -0.1) is 10.2 Å². The zero-order valence-electron chi connectivity index (χ0n) is 15.5. The number of alkyl halides is 3. The SMILES string of the molecule is Cn1cnnc1SCc1cc(=O)c(OCC(=O)Nc2cccc(C(F)(F)F)c2)co1. The van der Waals surface area contributed by atoms with Crippen molar-refractivity contribution in [2.24, 2.45) is 7.05 Å². The molecule has 0 unspecified atom stereocenters. The second kappa shape index (κ2) is 9.03. The highest BCUT2D eigenvalue weighted by molar-refractivity contribution is 7.98. The normalized spacial score (nSPS) is 11.3. The van der Waals surface area contributed by atoms with E-state index in [0.717, 1.165) is 18.4 Å². The molecule has 12 heteroatoms. The van der Waals surface area contributed by atoms with Crippen molar-refractivity contribution in [3.63, 3.8) is 0 Å². The summed E-state index contributed by atoms with van der Waals surface area (Å²) in [4.78, 5) is 24.0. The number of anilines is 1. The number of nitrogens with one attached hydrogen (secondary N) is 1. The first-order valence-corrected chi connectivity index (χ1v) is 9.39. The zero-order chi connectivity index (χ0) is 21.7. The molecule has 30 heavy (non-hydrogen) atoms. The first-order chi connectivity index (χ1) is 14.2. The first kappa shape index (κ1) is 21.4. The van der Waals surface area contributed by atoms with E-state index < -0.39 is 29.7 Å². The predicted octanol–water partition coefficient (Wildman–Crippen LogP) is 3.10. The summed E-state index contributed by atoms with van der Waals surface area (Å²) in [6.07, 6.45) is -1.91. The fraction of sp³-hybridized carbons (Fsp3) is 0.222. The van der Waals surface area contributed by atoms with Gasteiger partial charge in [-0.05, 0) is 18.2 Å². The third kappa shape index (κ3) is 5.63. The van der Waals surface area contributed by atoms with Gasteiger partial charge in [-0.2, -0.15) is 13.2 Å². The van der Waals surface area contributed by atoms with Crippen molar-refractivity contribution in [3.8, 4) is 5.75 Å². The molecule has 0 aliphatic rings. The Labute approximate surface area is 172 Å². The number of aryl methyl sites for hydroxylation is 1. The lowest BCUT2D eigenvalue weighted by Crippen LogP contribution is -2.22. The van der Waals surface area contributed by atoms with E-state index in [2.05, 4.69) is 15.5 Å². The van der Waals surface area contributed by atoms with Gasteiger partial charge >= 0.3 is 6.18 Å². The lowest BCUT2D eigenvalue weighted by atomic mass is 10.2. The van der Waals surface area contributed by atoms with Crippen LogP contribution in [0.25, 0.3) is 0 Å². The highest BCUT2D eigenvalue weighted by Gasteiger charge is 2.30. The summed E-state index contributed by atoms with van der Waals surface area (Å²) in [6.45, 7) is -0.575. The average Bonchev–Trinajstić information content (AvgIpc) is 3.10. The molecule has 0 saturated carbocycles. The van der Waals surface area contributed by atoms with Crippen molar-refractivity contribution in [1.82, 2.24) is 14.8 Å². The van der Waals surface area contributed by atoms with Crippen LogP contribution < -0.4 is 15.5 Å². The molecule has 0 bridgehead atoms. The lowest BCUT2D eigenvalue weighted by Gasteiger charge is -2.10. The van der Waals surface area contributed by atoms with Crippen LogP contribution in [0.1, 0.15) is 11.3 Å². The van der Waals surface area contributed by atoms with Crippen LogP contribution in [0.4, 0.5) is 18.9 Å². The number of thioether (sulfide) groups is 1. The van der Waals surface area contributed by atoms with E-state index >= 15 is 0 Å². The average molecular weight is 440 g/mol. The van der Waals surface area contributed by atoms with Crippen LogP contribution in [0.15, 0.2) is 57.3 Å². The molecule has 2 aromatic heterocycles. The van der Waals surface area contributed by atoms with Crippen LogP contribution in [-0.2, 0) is 23.8 Å². The van der Waals surface area contributed by atoms with Crippen LogP contribution in [0.2, 0.25) is 0 Å². The molecule has 0 saturated heterocycles. The fourth-order valence-electron chi connectivity index (χ4n) is 2.27. The maximum atomic E-state index is 12.7. The number of halogens is 3. The molecule has 1 aromatic carbocycles. The minimum atomic E-state index is -4.52. The monoisotopic (exact) mass is 440 g/mol. The molecule has 0 radical (unpaired) electrons. The molecular weight excluding hydrogens is 425 g/mol. The second-order valence-electron chi connectivity index (χ2n) is 6.00. The number of aromatic nitrogens is 3. The van der Waals surface area contributed by atoms with E-state index in [-0.39, 0.29) is 11.4 Å². The molecule has 8 nitrogen and oxygen atoms in total. The smallest absolute Gasteiger partial charge is 0.416 e. The Hall–Kier alpha value is -3.28. The van der Waals surface area contributed by atoms with E-state index in [1.54, 1.807) is 17.9 Å². The molecular formula is C18H15F3N4O4S. The number of nitrogens with zero attached hydrogens (tertiary/aromatic N) is 3. The number of benzene rings is 1. The topological polar surface area (TPSA) is 99.3 Å². The molecule has 0 atom stereocenters. The van der Waals surface area contributed by atoms with Gasteiger partial charge in [0.05, 0.1) is 11.3 Å². The minimum Gasteiger partial charge on any atom is -0.477 e. The summed E-state index contributed by atoms with van der Waals surface area (Å²) in [7, 11) is 1.78. The number of amides is 1. The van der Waals surface area contributed by atoms with Crippen molar-refractivity contribution in [2.45, 2.75) is 17.1 Å². The molecule has 0 aliphatic heterocycles. The number of carbonyl (C=O) groups is 1. The van der Waals surface area contributed by atoms with E-state index in [4.69, 9.17) is 9.15 Å². The number of rotatable bonds is 7. The van der Waals surface area contributed by atoms with Crippen molar-refractivity contribution in [2.75, 3.05) is 11.9 Å². The molecule has 1 N–H and O–H groups in total. The zero-order valence-corrected chi connectivity index (χ0v) is 16.3. The van der Waals surface area contributed by atoms with Gasteiger partial charge in [0.2, 0.25) is 11.2 Å². The predicted molar refractivity (Wildman–Crippen MR) is 101 cm³/mol. The summed E-state index contributed by atoms with van der Waals surface area (Å²) in [5, 5.41) is 10.6. The van der Waals surface area contributed by atoms with Gasteiger partial charge in [-0.1, -0.05) is 17.8 Å².